The number of thioether (sulfide) groups is 1. The van der Waals surface area contributed by atoms with Crippen molar-refractivity contribution in [2.24, 2.45) is 0 Å². The first kappa shape index (κ1) is 21.0. The molecule has 0 spiro atoms. The van der Waals surface area contributed by atoms with Crippen LogP contribution in [0.25, 0.3) is 28.3 Å². The first-order chi connectivity index (χ1) is 16.2. The summed E-state index contributed by atoms with van der Waals surface area (Å²) in [5.74, 6) is 2.79. The van der Waals surface area contributed by atoms with Crippen LogP contribution in [0.3, 0.4) is 0 Å². The van der Waals surface area contributed by atoms with Crippen molar-refractivity contribution in [2.45, 2.75) is 17.8 Å². The van der Waals surface area contributed by atoms with Gasteiger partial charge in [0.25, 0.3) is 0 Å². The summed E-state index contributed by atoms with van der Waals surface area (Å²) in [6, 6.07) is 21.7. The van der Waals surface area contributed by atoms with Gasteiger partial charge >= 0.3 is 0 Å². The lowest BCUT2D eigenvalue weighted by Crippen LogP contribution is -2.02. The van der Waals surface area contributed by atoms with E-state index in [1.54, 1.807) is 31.3 Å². The molecule has 2 aromatic carbocycles. The van der Waals surface area contributed by atoms with E-state index >= 15 is 0 Å². The second kappa shape index (κ2) is 9.30. The third-order valence-electron chi connectivity index (χ3n) is 5.19. The fraction of sp³-hybridized carbons (Fsp3) is 0.120. The van der Waals surface area contributed by atoms with E-state index in [1.165, 1.54) is 0 Å². The number of rotatable bonds is 7. The van der Waals surface area contributed by atoms with E-state index < -0.39 is 0 Å². The molecule has 0 radical (unpaired) electrons. The largest absolute Gasteiger partial charge is 0.496 e. The van der Waals surface area contributed by atoms with Gasteiger partial charge in [-0.05, 0) is 42.8 Å². The highest BCUT2D eigenvalue weighted by atomic mass is 32.2. The van der Waals surface area contributed by atoms with Gasteiger partial charge in [0.05, 0.1) is 18.6 Å². The summed E-state index contributed by atoms with van der Waals surface area (Å²) < 4.78 is 13.1. The Balaban J connectivity index is 1.46. The lowest BCUT2D eigenvalue weighted by atomic mass is 10.1. The van der Waals surface area contributed by atoms with Gasteiger partial charge in [0.2, 0.25) is 0 Å². The zero-order chi connectivity index (χ0) is 22.6. The van der Waals surface area contributed by atoms with E-state index in [-0.39, 0.29) is 0 Å². The number of hydrogen-bond donors (Lipinski definition) is 0. The number of ether oxygens (including phenoxy) is 1. The molecule has 0 saturated heterocycles. The van der Waals surface area contributed by atoms with Gasteiger partial charge in [0.15, 0.2) is 11.0 Å². The van der Waals surface area contributed by atoms with Crippen molar-refractivity contribution in [1.29, 1.82) is 0 Å². The van der Waals surface area contributed by atoms with Crippen LogP contribution < -0.4 is 4.74 Å². The predicted molar refractivity (Wildman–Crippen MR) is 127 cm³/mol. The van der Waals surface area contributed by atoms with Gasteiger partial charge in [0.1, 0.15) is 17.2 Å². The molecule has 0 atom stereocenters. The molecule has 3 heterocycles. The summed E-state index contributed by atoms with van der Waals surface area (Å²) in [7, 11) is 1.65. The molecule has 0 unspecified atom stereocenters. The molecular weight excluding hydrogens is 434 g/mol. The number of para-hydroxylation sites is 2. The van der Waals surface area contributed by atoms with Crippen LogP contribution in [0.5, 0.6) is 5.75 Å². The van der Waals surface area contributed by atoms with Gasteiger partial charge in [-0.15, -0.1) is 10.2 Å². The molecule has 0 bridgehead atoms. The predicted octanol–water partition coefficient (Wildman–Crippen LogP) is 5.59. The van der Waals surface area contributed by atoms with Crippen LogP contribution in [-0.4, -0.2) is 32.0 Å². The van der Waals surface area contributed by atoms with E-state index in [0.29, 0.717) is 5.75 Å². The summed E-state index contributed by atoms with van der Waals surface area (Å²) >= 11 is 1.54. The van der Waals surface area contributed by atoms with Crippen molar-refractivity contribution in [3.8, 4) is 34.1 Å². The molecule has 0 aliphatic carbocycles. The maximum Gasteiger partial charge on any atom is 0.196 e. The highest BCUT2D eigenvalue weighted by Gasteiger charge is 2.19. The number of methoxy groups -OCH3 is 1. The fourth-order valence-electron chi connectivity index (χ4n) is 3.58. The van der Waals surface area contributed by atoms with E-state index in [4.69, 9.17) is 9.26 Å². The second-order valence-corrected chi connectivity index (χ2v) is 8.28. The highest BCUT2D eigenvalue weighted by molar-refractivity contribution is 7.98. The molecule has 0 N–H and O–H groups in total. The Morgan fingerprint density at radius 3 is 2.67 bits per heavy atom. The maximum absolute atomic E-state index is 5.61. The first-order valence-corrected chi connectivity index (χ1v) is 11.4. The monoisotopic (exact) mass is 455 g/mol. The Bertz CT molecular complexity index is 1380. The Labute approximate surface area is 195 Å². The van der Waals surface area contributed by atoms with Crippen molar-refractivity contribution in [3.05, 3.63) is 90.4 Å². The summed E-state index contributed by atoms with van der Waals surface area (Å²) in [4.78, 5) is 4.25. The molecule has 0 fully saturated rings. The zero-order valence-corrected chi connectivity index (χ0v) is 19.0. The third kappa shape index (κ3) is 4.25. The van der Waals surface area contributed by atoms with Gasteiger partial charge in [-0.2, -0.15) is 0 Å². The number of benzene rings is 2. The molecule has 0 amide bonds. The van der Waals surface area contributed by atoms with E-state index in [0.717, 1.165) is 50.6 Å². The average Bonchev–Trinajstić information content (AvgIpc) is 3.51. The van der Waals surface area contributed by atoms with Crippen LogP contribution in [0, 0.1) is 6.92 Å². The number of aryl methyl sites for hydroxylation is 1. The van der Waals surface area contributed by atoms with Crippen molar-refractivity contribution in [1.82, 2.24) is 24.9 Å². The summed E-state index contributed by atoms with van der Waals surface area (Å²) in [6.07, 6.45) is 3.54. The molecule has 8 heteroatoms. The van der Waals surface area contributed by atoms with Gasteiger partial charge in [0, 0.05) is 29.6 Å². The standard InChI is InChI=1S/C25H21N5O2S/c1-17-8-3-5-11-22(17)30-24(18-9-7-13-26-15-18)27-28-25(30)33-16-19-14-21(29-32-19)20-10-4-6-12-23(20)31-2/h3-15H,16H2,1-2H3. The molecule has 3 aromatic heterocycles. The smallest absolute Gasteiger partial charge is 0.196 e. The summed E-state index contributed by atoms with van der Waals surface area (Å²) in [5, 5.41) is 14.0. The topological polar surface area (TPSA) is 78.9 Å². The number of nitrogens with zero attached hydrogens (tertiary/aromatic N) is 5. The molecule has 7 nitrogen and oxygen atoms in total. The molecule has 5 rings (SSSR count). The number of aromatic nitrogens is 5. The third-order valence-corrected chi connectivity index (χ3v) is 6.15. The molecule has 0 aliphatic heterocycles. The fourth-order valence-corrected chi connectivity index (χ4v) is 4.40. The minimum absolute atomic E-state index is 0.555. The minimum Gasteiger partial charge on any atom is -0.496 e. The SMILES string of the molecule is COc1ccccc1-c1cc(CSc2nnc(-c3cccnc3)n2-c2ccccc2C)on1. The molecule has 5 aromatic rings. The average molecular weight is 456 g/mol. The van der Waals surface area contributed by atoms with Gasteiger partial charge in [-0.25, -0.2) is 0 Å². The van der Waals surface area contributed by atoms with E-state index in [1.807, 2.05) is 54.6 Å². The van der Waals surface area contributed by atoms with Crippen molar-refractivity contribution in [2.75, 3.05) is 7.11 Å². The van der Waals surface area contributed by atoms with Crippen molar-refractivity contribution >= 4 is 11.8 Å². The Morgan fingerprint density at radius 2 is 1.85 bits per heavy atom. The van der Waals surface area contributed by atoms with Crippen LogP contribution in [0.1, 0.15) is 11.3 Å². The van der Waals surface area contributed by atoms with Crippen LogP contribution in [0.4, 0.5) is 0 Å². The Morgan fingerprint density at radius 1 is 1.00 bits per heavy atom. The van der Waals surface area contributed by atoms with E-state index in [9.17, 15) is 0 Å². The van der Waals surface area contributed by atoms with Crippen molar-refractivity contribution < 1.29 is 9.26 Å². The zero-order valence-electron chi connectivity index (χ0n) is 18.2. The lowest BCUT2D eigenvalue weighted by Gasteiger charge is -2.12. The Hall–Kier alpha value is -3.91. The van der Waals surface area contributed by atoms with Gasteiger partial charge in [-0.1, -0.05) is 47.3 Å². The number of hydrogen-bond acceptors (Lipinski definition) is 7. The molecule has 0 saturated carbocycles. The van der Waals surface area contributed by atoms with Crippen molar-refractivity contribution in [3.63, 3.8) is 0 Å². The summed E-state index contributed by atoms with van der Waals surface area (Å²) in [6.45, 7) is 2.08. The molecule has 0 aliphatic rings. The maximum atomic E-state index is 5.61. The van der Waals surface area contributed by atoms with Crippen LogP contribution in [-0.2, 0) is 5.75 Å². The normalized spacial score (nSPS) is 11.0. The highest BCUT2D eigenvalue weighted by Crippen LogP contribution is 2.33. The quantitative estimate of drug-likeness (QED) is 0.296. The molecule has 164 valence electrons. The van der Waals surface area contributed by atoms with Gasteiger partial charge < -0.3 is 9.26 Å². The van der Waals surface area contributed by atoms with E-state index in [2.05, 4.69) is 44.0 Å². The Kier molecular flexibility index (Phi) is 5.91. The minimum atomic E-state index is 0.555. The first-order valence-electron chi connectivity index (χ1n) is 10.4. The molecular formula is C25H21N5O2S. The molecule has 33 heavy (non-hydrogen) atoms. The van der Waals surface area contributed by atoms with Crippen LogP contribution >= 0.6 is 11.8 Å². The summed E-state index contributed by atoms with van der Waals surface area (Å²) in [5.41, 5.74) is 4.68. The second-order valence-electron chi connectivity index (χ2n) is 7.34. The van der Waals surface area contributed by atoms with Crippen LogP contribution in [0.15, 0.2) is 88.8 Å². The number of pyridine rings is 1. The van der Waals surface area contributed by atoms with Gasteiger partial charge in [-0.3, -0.25) is 9.55 Å². The van der Waals surface area contributed by atoms with Crippen LogP contribution in [0.2, 0.25) is 0 Å². The lowest BCUT2D eigenvalue weighted by molar-refractivity contribution is 0.395.